The number of aliphatic hydroxyl groups excluding tert-OH is 1. The van der Waals surface area contributed by atoms with Crippen molar-refractivity contribution in [3.8, 4) is 0 Å². The highest BCUT2D eigenvalue weighted by atomic mass is 16.6. The first-order valence-corrected chi connectivity index (χ1v) is 13.3. The summed E-state index contributed by atoms with van der Waals surface area (Å²) in [6.45, 7) is 1.81. The summed E-state index contributed by atoms with van der Waals surface area (Å²) >= 11 is 0. The van der Waals surface area contributed by atoms with Gasteiger partial charge in [-0.2, -0.15) is 0 Å². The lowest BCUT2D eigenvalue weighted by Gasteiger charge is -2.44. The van der Waals surface area contributed by atoms with E-state index in [2.05, 4.69) is 5.32 Å². The SMILES string of the molecule is CCC[C@H]1C[C@@H]2C(=O)N(c3ccc(Nc4ccccc4)cc3)C(=O)[C@@H]2[C@@H]2C[C@@H](c3ccc(CO)o3)O[C@]12O. The molecule has 2 aliphatic heterocycles. The minimum atomic E-state index is -1.52. The molecule has 3 aliphatic rings. The van der Waals surface area contributed by atoms with Gasteiger partial charge in [0.25, 0.3) is 0 Å². The molecule has 198 valence electrons. The Hall–Kier alpha value is -3.46. The fourth-order valence-electron chi connectivity index (χ4n) is 6.63. The minimum Gasteiger partial charge on any atom is -0.461 e. The van der Waals surface area contributed by atoms with Gasteiger partial charge in [0.05, 0.1) is 17.5 Å². The number of para-hydroxylation sites is 1. The number of carbonyl (C=O) groups excluding carboxylic acids is 2. The van der Waals surface area contributed by atoms with Gasteiger partial charge in [-0.25, -0.2) is 0 Å². The van der Waals surface area contributed by atoms with Gasteiger partial charge in [0.15, 0.2) is 5.79 Å². The minimum absolute atomic E-state index is 0.212. The van der Waals surface area contributed by atoms with Crippen LogP contribution in [0.5, 0.6) is 0 Å². The van der Waals surface area contributed by atoms with Crippen LogP contribution >= 0.6 is 0 Å². The average Bonchev–Trinajstić information content (AvgIpc) is 3.61. The van der Waals surface area contributed by atoms with Crippen LogP contribution in [0, 0.1) is 23.7 Å². The highest BCUT2D eigenvalue weighted by Crippen LogP contribution is 2.59. The number of benzene rings is 2. The molecule has 2 amide bonds. The Morgan fingerprint density at radius 2 is 1.71 bits per heavy atom. The third kappa shape index (κ3) is 4.04. The molecule has 3 heterocycles. The monoisotopic (exact) mass is 516 g/mol. The largest absolute Gasteiger partial charge is 0.461 e. The van der Waals surface area contributed by atoms with Crippen LogP contribution in [0.2, 0.25) is 0 Å². The highest BCUT2D eigenvalue weighted by molar-refractivity contribution is 6.22. The number of ether oxygens (including phenoxy) is 1. The molecule has 0 radical (unpaired) electrons. The number of rotatable bonds is 7. The van der Waals surface area contributed by atoms with Crippen molar-refractivity contribution in [3.05, 3.63) is 78.3 Å². The molecule has 3 fully saturated rings. The van der Waals surface area contributed by atoms with Crippen molar-refractivity contribution < 1.29 is 29.0 Å². The third-order valence-electron chi connectivity index (χ3n) is 8.34. The molecule has 6 rings (SSSR count). The summed E-state index contributed by atoms with van der Waals surface area (Å²) in [5.74, 6) is -3.08. The third-order valence-corrected chi connectivity index (χ3v) is 8.34. The van der Waals surface area contributed by atoms with Crippen LogP contribution in [0.4, 0.5) is 17.1 Å². The first-order valence-electron chi connectivity index (χ1n) is 13.3. The molecule has 0 unspecified atom stereocenters. The predicted octanol–water partition coefficient (Wildman–Crippen LogP) is 4.91. The number of amides is 2. The smallest absolute Gasteiger partial charge is 0.238 e. The van der Waals surface area contributed by atoms with Crippen LogP contribution in [0.25, 0.3) is 0 Å². The number of anilines is 3. The summed E-state index contributed by atoms with van der Waals surface area (Å²) in [7, 11) is 0. The van der Waals surface area contributed by atoms with Crippen LogP contribution in [0.15, 0.2) is 71.1 Å². The molecule has 38 heavy (non-hydrogen) atoms. The lowest BCUT2D eigenvalue weighted by Crippen LogP contribution is -2.53. The lowest BCUT2D eigenvalue weighted by molar-refractivity contribution is -0.271. The van der Waals surface area contributed by atoms with Gasteiger partial charge in [-0.15, -0.1) is 0 Å². The molecular weight excluding hydrogens is 484 g/mol. The Bertz CT molecular complexity index is 1320. The number of carbonyl (C=O) groups is 2. The van der Waals surface area contributed by atoms with Gasteiger partial charge in [-0.05, 0) is 67.8 Å². The second-order valence-electron chi connectivity index (χ2n) is 10.6. The second kappa shape index (κ2) is 9.69. The first kappa shape index (κ1) is 24.9. The maximum Gasteiger partial charge on any atom is 0.238 e. The molecule has 1 aromatic heterocycles. The van der Waals surface area contributed by atoms with E-state index in [0.29, 0.717) is 36.5 Å². The summed E-state index contributed by atoms with van der Waals surface area (Å²) in [6, 6.07) is 20.4. The normalized spacial score (nSPS) is 30.4. The van der Waals surface area contributed by atoms with Gasteiger partial charge in [-0.3, -0.25) is 14.5 Å². The van der Waals surface area contributed by atoms with E-state index in [1.807, 2.05) is 49.4 Å². The average molecular weight is 517 g/mol. The van der Waals surface area contributed by atoms with Crippen molar-refractivity contribution in [2.24, 2.45) is 23.7 Å². The van der Waals surface area contributed by atoms with Gasteiger partial charge >= 0.3 is 0 Å². The van der Waals surface area contributed by atoms with Crippen molar-refractivity contribution in [2.45, 2.75) is 51.1 Å². The fourth-order valence-corrected chi connectivity index (χ4v) is 6.63. The summed E-state index contributed by atoms with van der Waals surface area (Å²) in [6.07, 6.45) is 1.71. The molecule has 3 N–H and O–H groups in total. The molecule has 0 bridgehead atoms. The van der Waals surface area contributed by atoms with E-state index < -0.39 is 29.6 Å². The molecule has 0 spiro atoms. The van der Waals surface area contributed by atoms with E-state index in [1.54, 1.807) is 24.3 Å². The van der Waals surface area contributed by atoms with E-state index >= 15 is 0 Å². The topological polar surface area (TPSA) is 112 Å². The van der Waals surface area contributed by atoms with Crippen molar-refractivity contribution in [3.63, 3.8) is 0 Å². The molecular formula is C30H32N2O6. The maximum atomic E-state index is 13.8. The van der Waals surface area contributed by atoms with Crippen LogP contribution in [-0.2, 0) is 20.9 Å². The Labute approximate surface area is 221 Å². The van der Waals surface area contributed by atoms with Crippen LogP contribution in [0.3, 0.4) is 0 Å². The molecule has 8 heteroatoms. The first-order chi connectivity index (χ1) is 18.4. The second-order valence-corrected chi connectivity index (χ2v) is 10.6. The Morgan fingerprint density at radius 1 is 0.974 bits per heavy atom. The van der Waals surface area contributed by atoms with Crippen molar-refractivity contribution in [1.82, 2.24) is 0 Å². The zero-order valence-corrected chi connectivity index (χ0v) is 21.2. The number of nitrogens with one attached hydrogen (secondary N) is 1. The number of furan rings is 1. The summed E-state index contributed by atoms with van der Waals surface area (Å²) in [5, 5.41) is 24.6. The fraction of sp³-hybridized carbons (Fsp3) is 0.400. The van der Waals surface area contributed by atoms with Gasteiger partial charge in [0.1, 0.15) is 24.2 Å². The molecule has 2 saturated heterocycles. The summed E-state index contributed by atoms with van der Waals surface area (Å²) in [5.41, 5.74) is 2.32. The quantitative estimate of drug-likeness (QED) is 0.383. The Kier molecular flexibility index (Phi) is 6.34. The standard InChI is InChI=1S/C30H32N2O6/c1-2-6-18-15-23-27(24-16-26(38-30(18,24)36)25-14-13-22(17-33)37-25)29(35)32(28(23)34)21-11-9-20(10-12-21)31-19-7-4-3-5-8-19/h3-5,7-14,18,23-24,26-27,31,33,36H,2,6,15-17H2,1H3/t18-,23-,24-,26-,27-,30+/m0/s1. The van der Waals surface area contributed by atoms with Crippen molar-refractivity contribution >= 4 is 28.9 Å². The van der Waals surface area contributed by atoms with Crippen LogP contribution in [-0.4, -0.2) is 27.8 Å². The summed E-state index contributed by atoms with van der Waals surface area (Å²) in [4.78, 5) is 28.8. The van der Waals surface area contributed by atoms with Gasteiger partial charge in [0, 0.05) is 23.2 Å². The number of hydrogen-bond donors (Lipinski definition) is 3. The maximum absolute atomic E-state index is 13.8. The van der Waals surface area contributed by atoms with E-state index in [1.165, 1.54) is 4.90 Å². The number of nitrogens with zero attached hydrogens (tertiary/aromatic N) is 1. The van der Waals surface area contributed by atoms with E-state index in [9.17, 15) is 19.8 Å². The van der Waals surface area contributed by atoms with E-state index in [4.69, 9.17) is 9.15 Å². The van der Waals surface area contributed by atoms with E-state index in [-0.39, 0.29) is 24.3 Å². The molecule has 1 saturated carbocycles. The van der Waals surface area contributed by atoms with Crippen molar-refractivity contribution in [1.29, 1.82) is 0 Å². The Balaban J connectivity index is 1.28. The van der Waals surface area contributed by atoms with Crippen LogP contribution < -0.4 is 10.2 Å². The number of hydrogen-bond acceptors (Lipinski definition) is 7. The number of imide groups is 1. The molecule has 6 atom stereocenters. The molecule has 2 aromatic carbocycles. The van der Waals surface area contributed by atoms with Gasteiger partial charge < -0.3 is 24.7 Å². The van der Waals surface area contributed by atoms with Crippen LogP contribution in [0.1, 0.15) is 50.2 Å². The molecule has 1 aliphatic carbocycles. The molecule has 8 nitrogen and oxygen atoms in total. The summed E-state index contributed by atoms with van der Waals surface area (Å²) < 4.78 is 12.0. The predicted molar refractivity (Wildman–Crippen MR) is 140 cm³/mol. The molecule has 3 aromatic rings. The lowest BCUT2D eigenvalue weighted by atomic mass is 9.63. The van der Waals surface area contributed by atoms with Gasteiger partial charge in [0.2, 0.25) is 11.8 Å². The van der Waals surface area contributed by atoms with E-state index in [0.717, 1.165) is 17.8 Å². The zero-order chi connectivity index (χ0) is 26.4. The number of aliphatic hydroxyl groups is 2. The van der Waals surface area contributed by atoms with Crippen molar-refractivity contribution in [2.75, 3.05) is 10.2 Å². The number of fused-ring (bicyclic) bond motifs is 3. The van der Waals surface area contributed by atoms with Gasteiger partial charge in [-0.1, -0.05) is 31.5 Å². The zero-order valence-electron chi connectivity index (χ0n) is 21.2. The highest BCUT2D eigenvalue weighted by Gasteiger charge is 2.66. The Morgan fingerprint density at radius 3 is 2.39 bits per heavy atom.